The van der Waals surface area contributed by atoms with E-state index in [2.05, 4.69) is 0 Å². The summed E-state index contributed by atoms with van der Waals surface area (Å²) in [6, 6.07) is 13.2. The topological polar surface area (TPSA) is 96.6 Å². The van der Waals surface area contributed by atoms with Crippen LogP contribution in [0.25, 0.3) is 22.2 Å². The van der Waals surface area contributed by atoms with E-state index < -0.39 is 23.5 Å². The number of oxazole rings is 2. The molecule has 0 bridgehead atoms. The van der Waals surface area contributed by atoms with Crippen molar-refractivity contribution in [1.29, 1.82) is 0 Å². The smallest absolute Gasteiger partial charge is 0.420 e. The molecule has 0 aliphatic heterocycles. The van der Waals surface area contributed by atoms with E-state index in [1.54, 1.807) is 49.4 Å². The first-order valence-electron chi connectivity index (χ1n) is 8.91. The molecule has 0 amide bonds. The van der Waals surface area contributed by atoms with Crippen molar-refractivity contribution in [2.24, 2.45) is 0 Å². The molecule has 2 aromatic carbocycles. The third kappa shape index (κ3) is 3.13. The Hall–Kier alpha value is -3.55. The van der Waals surface area contributed by atoms with E-state index in [0.29, 0.717) is 35.2 Å². The van der Waals surface area contributed by atoms with Gasteiger partial charge in [-0.15, -0.1) is 0 Å². The Labute approximate surface area is 158 Å². The number of aryl methyl sites for hydroxylation is 1. The van der Waals surface area contributed by atoms with Crippen LogP contribution in [0.5, 0.6) is 0 Å². The van der Waals surface area contributed by atoms with Crippen LogP contribution in [-0.4, -0.2) is 21.7 Å². The van der Waals surface area contributed by atoms with Gasteiger partial charge in [0.05, 0.1) is 17.6 Å². The number of hydrogen-bond donors (Lipinski definition) is 0. The van der Waals surface area contributed by atoms with Crippen molar-refractivity contribution in [3.63, 3.8) is 0 Å². The number of rotatable bonds is 6. The molecule has 0 spiro atoms. The zero-order valence-electron chi connectivity index (χ0n) is 15.2. The number of nitrogens with zero attached hydrogens (tertiary/aromatic N) is 2. The summed E-state index contributed by atoms with van der Waals surface area (Å²) >= 11 is 0. The highest BCUT2D eigenvalue weighted by Crippen LogP contribution is 2.17. The zero-order valence-corrected chi connectivity index (χ0v) is 15.2. The summed E-state index contributed by atoms with van der Waals surface area (Å²) in [6.45, 7) is 2.05. The minimum atomic E-state index is -0.825. The second-order valence-corrected chi connectivity index (χ2v) is 6.39. The van der Waals surface area contributed by atoms with Crippen LogP contribution in [0.4, 0.5) is 0 Å². The number of benzene rings is 2. The van der Waals surface area contributed by atoms with Gasteiger partial charge in [0.1, 0.15) is 6.04 Å². The van der Waals surface area contributed by atoms with Crippen molar-refractivity contribution in [3.8, 4) is 0 Å². The van der Waals surface area contributed by atoms with Crippen molar-refractivity contribution in [1.82, 2.24) is 9.13 Å². The van der Waals surface area contributed by atoms with Crippen LogP contribution in [0.3, 0.4) is 0 Å². The molecular weight excluding hydrogens is 364 g/mol. The van der Waals surface area contributed by atoms with Crippen molar-refractivity contribution in [2.45, 2.75) is 25.9 Å². The fraction of sp³-hybridized carbons (Fsp3) is 0.250. The average Bonchev–Trinajstić information content (AvgIpc) is 3.19. The van der Waals surface area contributed by atoms with Crippen molar-refractivity contribution < 1.29 is 18.4 Å². The number of carbonyl (C=O) groups excluding carboxylic acids is 1. The molecule has 8 nitrogen and oxygen atoms in total. The highest BCUT2D eigenvalue weighted by Gasteiger charge is 2.22. The third-order valence-corrected chi connectivity index (χ3v) is 4.59. The lowest BCUT2D eigenvalue weighted by Gasteiger charge is -2.12. The standard InChI is InChI=1S/C20H18N2O6/c1-13(22-15-8-3-5-10-17(15)28-20(22)25)18(23)26-12-6-11-21-14-7-2-4-9-16(14)27-19(21)24/h2-5,7-10,13H,6,11-12H2,1H3. The first-order chi connectivity index (χ1) is 13.6. The van der Waals surface area contributed by atoms with Crippen molar-refractivity contribution in [3.05, 3.63) is 69.6 Å². The predicted molar refractivity (Wildman–Crippen MR) is 101 cm³/mol. The molecule has 0 saturated carbocycles. The summed E-state index contributed by atoms with van der Waals surface area (Å²) in [5, 5.41) is 0. The van der Waals surface area contributed by atoms with Gasteiger partial charge in [0.15, 0.2) is 11.2 Å². The van der Waals surface area contributed by atoms with Gasteiger partial charge in [-0.2, -0.15) is 0 Å². The summed E-state index contributed by atoms with van der Waals surface area (Å²) in [5.74, 6) is -1.60. The maximum atomic E-state index is 12.4. The molecule has 0 fully saturated rings. The summed E-state index contributed by atoms with van der Waals surface area (Å²) in [4.78, 5) is 36.4. The summed E-state index contributed by atoms with van der Waals surface area (Å²) in [5.41, 5.74) is 2.17. The molecule has 4 rings (SSSR count). The molecule has 2 aromatic heterocycles. The molecule has 8 heteroatoms. The Balaban J connectivity index is 1.40. The molecule has 0 saturated heterocycles. The second kappa shape index (κ2) is 7.22. The third-order valence-electron chi connectivity index (χ3n) is 4.59. The van der Waals surface area contributed by atoms with E-state index in [-0.39, 0.29) is 6.61 Å². The lowest BCUT2D eigenvalue weighted by Crippen LogP contribution is -2.27. The predicted octanol–water partition coefficient (Wildman–Crippen LogP) is 2.70. The first kappa shape index (κ1) is 17.8. The lowest BCUT2D eigenvalue weighted by atomic mass is 10.3. The van der Waals surface area contributed by atoms with Gasteiger partial charge >= 0.3 is 17.5 Å². The number of ether oxygens (including phenoxy) is 1. The van der Waals surface area contributed by atoms with Crippen LogP contribution in [0.15, 0.2) is 67.0 Å². The Morgan fingerprint density at radius 3 is 2.32 bits per heavy atom. The van der Waals surface area contributed by atoms with Crippen LogP contribution in [0, 0.1) is 0 Å². The molecule has 2 heterocycles. The van der Waals surface area contributed by atoms with Crippen molar-refractivity contribution in [2.75, 3.05) is 6.61 Å². The number of carbonyl (C=O) groups is 1. The molecule has 28 heavy (non-hydrogen) atoms. The largest absolute Gasteiger partial charge is 0.464 e. The molecule has 1 atom stereocenters. The van der Waals surface area contributed by atoms with E-state index in [0.717, 1.165) is 0 Å². The van der Waals surface area contributed by atoms with Crippen molar-refractivity contribution >= 4 is 28.2 Å². The van der Waals surface area contributed by atoms with Gasteiger partial charge in [-0.3, -0.25) is 9.13 Å². The Bertz CT molecular complexity index is 1260. The Morgan fingerprint density at radius 2 is 1.57 bits per heavy atom. The number of hydrogen-bond acceptors (Lipinski definition) is 6. The fourth-order valence-corrected chi connectivity index (χ4v) is 3.20. The van der Waals surface area contributed by atoms with E-state index >= 15 is 0 Å². The second-order valence-electron chi connectivity index (χ2n) is 6.39. The van der Waals surface area contributed by atoms with Crippen LogP contribution < -0.4 is 11.5 Å². The SMILES string of the molecule is CC(C(=O)OCCCn1c(=O)oc2ccccc21)n1c(=O)oc2ccccc21. The highest BCUT2D eigenvalue weighted by molar-refractivity contribution is 5.79. The van der Waals surface area contributed by atoms with Gasteiger partial charge < -0.3 is 13.6 Å². The number of aromatic nitrogens is 2. The summed E-state index contributed by atoms with van der Waals surface area (Å²) in [7, 11) is 0. The van der Waals surface area contributed by atoms with Gasteiger partial charge in [-0.1, -0.05) is 24.3 Å². The molecule has 0 N–H and O–H groups in total. The van der Waals surface area contributed by atoms with Gasteiger partial charge in [-0.25, -0.2) is 14.4 Å². The van der Waals surface area contributed by atoms with Crippen LogP contribution in [0.2, 0.25) is 0 Å². The molecule has 0 aliphatic carbocycles. The first-order valence-corrected chi connectivity index (χ1v) is 8.91. The van der Waals surface area contributed by atoms with E-state index in [4.69, 9.17) is 13.6 Å². The monoisotopic (exact) mass is 382 g/mol. The number of fused-ring (bicyclic) bond motifs is 2. The Morgan fingerprint density at radius 1 is 0.964 bits per heavy atom. The molecule has 1 unspecified atom stereocenters. The molecule has 0 radical (unpaired) electrons. The van der Waals surface area contributed by atoms with Crippen LogP contribution >= 0.6 is 0 Å². The minimum absolute atomic E-state index is 0.111. The quantitative estimate of drug-likeness (QED) is 0.376. The summed E-state index contributed by atoms with van der Waals surface area (Å²) < 4.78 is 18.4. The molecule has 4 aromatic rings. The maximum absolute atomic E-state index is 12.4. The maximum Gasteiger partial charge on any atom is 0.420 e. The van der Waals surface area contributed by atoms with Gasteiger partial charge in [0.2, 0.25) is 0 Å². The van der Waals surface area contributed by atoms with Gasteiger partial charge in [0.25, 0.3) is 0 Å². The normalized spacial score (nSPS) is 12.5. The van der Waals surface area contributed by atoms with Gasteiger partial charge in [0, 0.05) is 6.54 Å². The van der Waals surface area contributed by atoms with E-state index in [9.17, 15) is 14.4 Å². The van der Waals surface area contributed by atoms with Gasteiger partial charge in [-0.05, 0) is 37.6 Å². The molecular formula is C20H18N2O6. The van der Waals surface area contributed by atoms with E-state index in [1.165, 1.54) is 9.13 Å². The van der Waals surface area contributed by atoms with E-state index in [1.807, 2.05) is 6.07 Å². The fourth-order valence-electron chi connectivity index (χ4n) is 3.20. The number of esters is 1. The zero-order chi connectivity index (χ0) is 19.7. The number of para-hydroxylation sites is 4. The Kier molecular flexibility index (Phi) is 4.60. The highest BCUT2D eigenvalue weighted by atomic mass is 16.5. The summed E-state index contributed by atoms with van der Waals surface area (Å²) in [6.07, 6.45) is 0.433. The van der Waals surface area contributed by atoms with Crippen LogP contribution in [-0.2, 0) is 16.1 Å². The lowest BCUT2D eigenvalue weighted by molar-refractivity contribution is -0.147. The minimum Gasteiger partial charge on any atom is -0.464 e. The molecule has 0 aliphatic rings. The average molecular weight is 382 g/mol. The van der Waals surface area contributed by atoms with Crippen LogP contribution in [0.1, 0.15) is 19.4 Å². The molecule has 144 valence electrons.